The van der Waals surface area contributed by atoms with Gasteiger partial charge in [-0.3, -0.25) is 4.79 Å². The summed E-state index contributed by atoms with van der Waals surface area (Å²) in [5.74, 6) is 1.04. The van der Waals surface area contributed by atoms with Gasteiger partial charge in [0.1, 0.15) is 17.2 Å². The zero-order chi connectivity index (χ0) is 26.9. The lowest BCUT2D eigenvalue weighted by Crippen LogP contribution is -2.34. The van der Waals surface area contributed by atoms with Crippen molar-refractivity contribution in [1.29, 1.82) is 0 Å². The summed E-state index contributed by atoms with van der Waals surface area (Å²) in [5.41, 5.74) is 3.42. The van der Waals surface area contributed by atoms with Crippen molar-refractivity contribution in [3.05, 3.63) is 71.6 Å². The van der Waals surface area contributed by atoms with Crippen molar-refractivity contribution < 1.29 is 23.4 Å². The normalized spacial score (nSPS) is 20.4. The molecule has 2 aliphatic heterocycles. The van der Waals surface area contributed by atoms with E-state index < -0.39 is 12.2 Å². The summed E-state index contributed by atoms with van der Waals surface area (Å²) in [6, 6.07) is 9.91. The molecule has 0 fully saturated rings. The Balaban J connectivity index is 1.55. The highest BCUT2D eigenvalue weighted by molar-refractivity contribution is 5.84. The molecule has 2 aromatic carbocycles. The van der Waals surface area contributed by atoms with Gasteiger partial charge < -0.3 is 19.3 Å². The van der Waals surface area contributed by atoms with Crippen molar-refractivity contribution in [2.75, 3.05) is 0 Å². The third-order valence-corrected chi connectivity index (χ3v) is 7.52. The van der Waals surface area contributed by atoms with Crippen LogP contribution in [0.5, 0.6) is 5.75 Å². The van der Waals surface area contributed by atoms with Gasteiger partial charge in [-0.25, -0.2) is 15.0 Å². The van der Waals surface area contributed by atoms with Crippen molar-refractivity contribution in [2.24, 2.45) is 0 Å². The van der Waals surface area contributed by atoms with E-state index in [0.717, 1.165) is 33.5 Å². The number of ether oxygens (including phenoxy) is 1. The number of rotatable bonds is 4. The Bertz CT molecular complexity index is 1560. The van der Waals surface area contributed by atoms with Crippen LogP contribution in [0.4, 0.5) is 8.78 Å². The van der Waals surface area contributed by atoms with Crippen LogP contribution in [0.1, 0.15) is 75.0 Å². The fourth-order valence-electron chi connectivity index (χ4n) is 5.95. The molecule has 0 radical (unpaired) electrons. The van der Waals surface area contributed by atoms with Gasteiger partial charge in [-0.2, -0.15) is 8.78 Å². The second-order valence-electron chi connectivity index (χ2n) is 10.4. The van der Waals surface area contributed by atoms with E-state index in [2.05, 4.69) is 14.5 Å². The quantitative estimate of drug-likeness (QED) is 0.394. The van der Waals surface area contributed by atoms with E-state index in [9.17, 15) is 18.7 Å². The lowest BCUT2D eigenvalue weighted by atomic mass is 9.94. The second kappa shape index (κ2) is 8.56. The number of carbonyl (C=O) groups is 1. The summed E-state index contributed by atoms with van der Waals surface area (Å²) in [6.07, 6.45) is 3.83. The van der Waals surface area contributed by atoms with Crippen LogP contribution in [-0.2, 0) is 10.4 Å². The van der Waals surface area contributed by atoms with Crippen molar-refractivity contribution in [1.82, 2.24) is 24.4 Å². The van der Waals surface area contributed by atoms with Crippen molar-refractivity contribution >= 4 is 16.9 Å². The first kappa shape index (κ1) is 24.4. The smallest absolute Gasteiger partial charge is 0.387 e. The average Bonchev–Trinajstić information content (AvgIpc) is 3.36. The molecule has 38 heavy (non-hydrogen) atoms. The molecule has 10 heteroatoms. The zero-order valence-electron chi connectivity index (χ0n) is 21.4. The maximum atomic E-state index is 13.4. The molecule has 0 aliphatic carbocycles. The first-order valence-electron chi connectivity index (χ1n) is 12.5. The van der Waals surface area contributed by atoms with Crippen LogP contribution < -0.4 is 4.74 Å². The van der Waals surface area contributed by atoms with Gasteiger partial charge >= 0.3 is 6.61 Å². The number of nitrogens with zero attached hydrogens (tertiary/aromatic N) is 5. The highest BCUT2D eigenvalue weighted by Crippen LogP contribution is 2.53. The highest BCUT2D eigenvalue weighted by Gasteiger charge is 2.46. The molecule has 2 bridgehead atoms. The summed E-state index contributed by atoms with van der Waals surface area (Å²) in [4.78, 5) is 28.2. The first-order chi connectivity index (χ1) is 18.0. The van der Waals surface area contributed by atoms with Gasteiger partial charge in [0.2, 0.25) is 5.91 Å². The molecule has 0 unspecified atom stereocenters. The van der Waals surface area contributed by atoms with Crippen LogP contribution in [0.2, 0.25) is 0 Å². The van der Waals surface area contributed by atoms with Gasteiger partial charge in [-0.1, -0.05) is 18.2 Å². The highest BCUT2D eigenvalue weighted by atomic mass is 19.3. The van der Waals surface area contributed by atoms with Crippen LogP contribution in [0, 0.1) is 0 Å². The number of halogens is 2. The fourth-order valence-corrected chi connectivity index (χ4v) is 5.95. The molecule has 2 aromatic heterocycles. The van der Waals surface area contributed by atoms with Crippen molar-refractivity contribution in [2.45, 2.75) is 64.5 Å². The maximum Gasteiger partial charge on any atom is 0.387 e. The number of aromatic nitrogens is 4. The minimum absolute atomic E-state index is 0.111. The SMILES string of the molecule is CC(=O)N1[C@H](C)c2cccc(OC(F)F)c2[C@H]2C[C@@H]1c1nc3ccc(-c4cnc(C(C)(C)O)nc4)cc3n12. The third-order valence-electron chi connectivity index (χ3n) is 7.52. The number of benzene rings is 2. The molecular formula is C28H27F2N5O3. The molecule has 1 N–H and O–H groups in total. The molecular weight excluding hydrogens is 492 g/mol. The van der Waals surface area contributed by atoms with Crippen LogP contribution in [0.25, 0.3) is 22.2 Å². The number of aliphatic hydroxyl groups is 1. The molecule has 8 nitrogen and oxygen atoms in total. The Labute approximate surface area is 217 Å². The van der Waals surface area contributed by atoms with Gasteiger partial charge in [0.25, 0.3) is 0 Å². The summed E-state index contributed by atoms with van der Waals surface area (Å²) < 4.78 is 33.9. The number of alkyl halides is 2. The van der Waals surface area contributed by atoms with E-state index in [0.29, 0.717) is 17.8 Å². The predicted octanol–water partition coefficient (Wildman–Crippen LogP) is 5.28. The minimum atomic E-state index is -2.97. The van der Waals surface area contributed by atoms with Gasteiger partial charge in [0.05, 0.1) is 29.2 Å². The Morgan fingerprint density at radius 2 is 1.87 bits per heavy atom. The Morgan fingerprint density at radius 1 is 1.13 bits per heavy atom. The van der Waals surface area contributed by atoms with Gasteiger partial charge in [0, 0.05) is 36.9 Å². The standard InChI is InChI=1S/C28H27F2N5O3/c1-14-18-6-5-7-23(38-27(29)30)24(18)21-11-22(34(14)15(2)36)25-33-19-9-8-16(10-20(19)35(21)25)17-12-31-26(32-13-17)28(3,4)37/h5-10,12-14,21-22,27,37H,11H2,1-4H3/t14-,21-,22-/m1/s1. The van der Waals surface area contributed by atoms with Crippen LogP contribution in [0.3, 0.4) is 0 Å². The lowest BCUT2D eigenvalue weighted by Gasteiger charge is -2.33. The summed E-state index contributed by atoms with van der Waals surface area (Å²) in [6.45, 7) is 3.71. The molecule has 1 amide bonds. The predicted molar refractivity (Wildman–Crippen MR) is 136 cm³/mol. The van der Waals surface area contributed by atoms with Crippen LogP contribution >= 0.6 is 0 Å². The van der Waals surface area contributed by atoms with E-state index in [1.165, 1.54) is 6.92 Å². The van der Waals surface area contributed by atoms with Crippen LogP contribution in [-0.4, -0.2) is 42.0 Å². The van der Waals surface area contributed by atoms with Gasteiger partial charge in [-0.15, -0.1) is 0 Å². The van der Waals surface area contributed by atoms with E-state index in [1.54, 1.807) is 43.3 Å². The number of fused-ring (bicyclic) bond motifs is 9. The Hall–Kier alpha value is -3.92. The Kier molecular flexibility index (Phi) is 5.50. The monoisotopic (exact) mass is 519 g/mol. The van der Waals surface area contributed by atoms with Gasteiger partial charge in [0.15, 0.2) is 5.82 Å². The number of amides is 1. The average molecular weight is 520 g/mol. The molecule has 4 heterocycles. The number of hydrogen-bond donors (Lipinski definition) is 1. The molecule has 0 saturated heterocycles. The first-order valence-corrected chi connectivity index (χ1v) is 12.5. The van der Waals surface area contributed by atoms with E-state index >= 15 is 0 Å². The maximum absolute atomic E-state index is 13.4. The number of imidazole rings is 1. The molecule has 3 atom stereocenters. The van der Waals surface area contributed by atoms with E-state index in [-0.39, 0.29) is 29.8 Å². The number of carbonyl (C=O) groups excluding carboxylic acids is 1. The topological polar surface area (TPSA) is 93.4 Å². The summed E-state index contributed by atoms with van der Waals surface area (Å²) >= 11 is 0. The number of hydrogen-bond acceptors (Lipinski definition) is 6. The minimum Gasteiger partial charge on any atom is -0.434 e. The zero-order valence-corrected chi connectivity index (χ0v) is 21.4. The lowest BCUT2D eigenvalue weighted by molar-refractivity contribution is -0.133. The second-order valence-corrected chi connectivity index (χ2v) is 10.4. The molecule has 4 aromatic rings. The van der Waals surface area contributed by atoms with Crippen LogP contribution in [0.15, 0.2) is 48.8 Å². The van der Waals surface area contributed by atoms with Crippen molar-refractivity contribution in [3.63, 3.8) is 0 Å². The third kappa shape index (κ3) is 3.74. The largest absolute Gasteiger partial charge is 0.434 e. The molecule has 196 valence electrons. The van der Waals surface area contributed by atoms with E-state index in [1.807, 2.05) is 31.2 Å². The van der Waals surface area contributed by atoms with E-state index in [4.69, 9.17) is 9.72 Å². The summed E-state index contributed by atoms with van der Waals surface area (Å²) in [7, 11) is 0. The molecule has 2 aliphatic rings. The molecule has 0 saturated carbocycles. The molecule has 0 spiro atoms. The Morgan fingerprint density at radius 3 is 2.53 bits per heavy atom. The fraction of sp³-hybridized carbons (Fsp3) is 0.357. The molecule has 6 rings (SSSR count). The van der Waals surface area contributed by atoms with Crippen molar-refractivity contribution in [3.8, 4) is 16.9 Å². The summed E-state index contributed by atoms with van der Waals surface area (Å²) in [5, 5.41) is 10.2. The van der Waals surface area contributed by atoms with Gasteiger partial charge in [-0.05, 0) is 50.1 Å².